The smallest absolute Gasteiger partial charge is 0.123 e. The number of H-pyrrole nitrogens is 1. The number of nitrogens with one attached hydrogen (secondary N) is 2. The van der Waals surface area contributed by atoms with Crippen molar-refractivity contribution in [2.24, 2.45) is 0 Å². The number of aromatic amines is 1. The maximum absolute atomic E-state index is 5.77. The highest BCUT2D eigenvalue weighted by Gasteiger charge is 2.04. The highest BCUT2D eigenvalue weighted by molar-refractivity contribution is 5.81. The van der Waals surface area contributed by atoms with Crippen molar-refractivity contribution in [3.63, 3.8) is 0 Å². The Morgan fingerprint density at radius 3 is 2.90 bits per heavy atom. The molecule has 0 unspecified atom stereocenters. The van der Waals surface area contributed by atoms with E-state index < -0.39 is 0 Å². The maximum atomic E-state index is 5.77. The third kappa shape index (κ3) is 2.83. The lowest BCUT2D eigenvalue weighted by Crippen LogP contribution is -2.09. The molecule has 0 radical (unpaired) electrons. The molecule has 1 aromatic carbocycles. The Morgan fingerprint density at radius 2 is 2.05 bits per heavy atom. The Kier molecular flexibility index (Phi) is 3.43. The minimum atomic E-state index is 0.677. The zero-order valence-corrected chi connectivity index (χ0v) is 11.7. The molecular formula is C15H18N4O. The van der Waals surface area contributed by atoms with Gasteiger partial charge in [0.15, 0.2) is 0 Å². The van der Waals surface area contributed by atoms with E-state index in [1.54, 1.807) is 0 Å². The first-order valence-corrected chi connectivity index (χ1v) is 6.60. The Hall–Kier alpha value is -2.27. The van der Waals surface area contributed by atoms with Gasteiger partial charge in [-0.2, -0.15) is 5.10 Å². The van der Waals surface area contributed by atoms with E-state index in [2.05, 4.69) is 26.5 Å². The molecule has 0 aliphatic heterocycles. The van der Waals surface area contributed by atoms with Crippen LogP contribution in [0.3, 0.4) is 0 Å². The quantitative estimate of drug-likeness (QED) is 0.748. The topological polar surface area (TPSA) is 57.1 Å². The predicted octanol–water partition coefficient (Wildman–Crippen LogP) is 2.83. The summed E-state index contributed by atoms with van der Waals surface area (Å²) in [6, 6.07) is 10.2. The minimum absolute atomic E-state index is 0.677. The first-order valence-electron chi connectivity index (χ1n) is 6.60. The average Bonchev–Trinajstić information content (AvgIpc) is 3.03. The Balaban J connectivity index is 1.64. The molecule has 0 amide bonds. The average molecular weight is 270 g/mol. The van der Waals surface area contributed by atoms with E-state index in [0.717, 1.165) is 34.7 Å². The molecule has 0 atom stereocenters. The number of rotatable bonds is 5. The highest BCUT2D eigenvalue weighted by atomic mass is 16.3. The summed E-state index contributed by atoms with van der Waals surface area (Å²) in [5, 5.41) is 11.4. The molecule has 2 aromatic heterocycles. The second-order valence-electron chi connectivity index (χ2n) is 5.13. The molecule has 5 heteroatoms. The van der Waals surface area contributed by atoms with E-state index in [-0.39, 0.29) is 0 Å². The van der Waals surface area contributed by atoms with Gasteiger partial charge in [0.25, 0.3) is 0 Å². The second kappa shape index (κ2) is 5.38. The van der Waals surface area contributed by atoms with Crippen molar-refractivity contribution in [2.45, 2.75) is 13.1 Å². The molecule has 0 spiro atoms. The number of anilines is 1. The van der Waals surface area contributed by atoms with Crippen molar-refractivity contribution >= 4 is 16.6 Å². The van der Waals surface area contributed by atoms with Crippen molar-refractivity contribution in [3.8, 4) is 0 Å². The summed E-state index contributed by atoms with van der Waals surface area (Å²) in [5.41, 5.74) is 2.10. The van der Waals surface area contributed by atoms with Gasteiger partial charge in [0.2, 0.25) is 0 Å². The molecule has 104 valence electrons. The maximum Gasteiger partial charge on any atom is 0.123 e. The van der Waals surface area contributed by atoms with Crippen LogP contribution in [0.15, 0.2) is 40.9 Å². The molecular weight excluding hydrogens is 252 g/mol. The summed E-state index contributed by atoms with van der Waals surface area (Å²) in [6.45, 7) is 1.50. The monoisotopic (exact) mass is 270 g/mol. The van der Waals surface area contributed by atoms with Gasteiger partial charge in [0.1, 0.15) is 11.5 Å². The zero-order chi connectivity index (χ0) is 13.9. The van der Waals surface area contributed by atoms with E-state index in [4.69, 9.17) is 4.42 Å². The van der Waals surface area contributed by atoms with Gasteiger partial charge in [0.05, 0.1) is 24.8 Å². The molecule has 0 aliphatic rings. The number of hydrogen-bond acceptors (Lipinski definition) is 4. The lowest BCUT2D eigenvalue weighted by atomic mass is 10.2. The van der Waals surface area contributed by atoms with Gasteiger partial charge in [0, 0.05) is 11.1 Å². The molecule has 2 heterocycles. The summed E-state index contributed by atoms with van der Waals surface area (Å²) < 4.78 is 5.77. The minimum Gasteiger partial charge on any atom is -0.463 e. The number of furan rings is 1. The van der Waals surface area contributed by atoms with Crippen molar-refractivity contribution in [3.05, 3.63) is 48.0 Å². The SMILES string of the molecule is CN(C)Cc1ccc(CNc2ccc3[nH]ncc3c2)o1. The zero-order valence-electron chi connectivity index (χ0n) is 11.7. The van der Waals surface area contributed by atoms with Crippen LogP contribution in [0.1, 0.15) is 11.5 Å². The van der Waals surface area contributed by atoms with Crippen LogP contribution < -0.4 is 5.32 Å². The number of aromatic nitrogens is 2. The fourth-order valence-corrected chi connectivity index (χ4v) is 2.16. The van der Waals surface area contributed by atoms with Gasteiger partial charge < -0.3 is 14.6 Å². The summed E-state index contributed by atoms with van der Waals surface area (Å²) >= 11 is 0. The van der Waals surface area contributed by atoms with Crippen LogP contribution in [0.5, 0.6) is 0 Å². The lowest BCUT2D eigenvalue weighted by Gasteiger charge is -2.06. The highest BCUT2D eigenvalue weighted by Crippen LogP contribution is 2.18. The van der Waals surface area contributed by atoms with Gasteiger partial charge in [-0.3, -0.25) is 5.10 Å². The van der Waals surface area contributed by atoms with E-state index >= 15 is 0 Å². The molecule has 5 nitrogen and oxygen atoms in total. The van der Waals surface area contributed by atoms with Crippen molar-refractivity contribution in [1.82, 2.24) is 15.1 Å². The molecule has 20 heavy (non-hydrogen) atoms. The molecule has 0 aliphatic carbocycles. The van der Waals surface area contributed by atoms with Gasteiger partial charge in [-0.25, -0.2) is 0 Å². The van der Waals surface area contributed by atoms with Crippen molar-refractivity contribution < 1.29 is 4.42 Å². The van der Waals surface area contributed by atoms with Crippen LogP contribution in [0.4, 0.5) is 5.69 Å². The van der Waals surface area contributed by atoms with Gasteiger partial charge in [-0.15, -0.1) is 0 Å². The summed E-state index contributed by atoms with van der Waals surface area (Å²) in [5.74, 6) is 1.92. The fraction of sp³-hybridized carbons (Fsp3) is 0.267. The molecule has 0 saturated carbocycles. The molecule has 3 rings (SSSR count). The Morgan fingerprint density at radius 1 is 1.20 bits per heavy atom. The summed E-state index contributed by atoms with van der Waals surface area (Å²) in [4.78, 5) is 2.09. The third-order valence-electron chi connectivity index (χ3n) is 3.10. The van der Waals surface area contributed by atoms with Crippen molar-refractivity contribution in [2.75, 3.05) is 19.4 Å². The van der Waals surface area contributed by atoms with E-state index in [1.807, 2.05) is 44.6 Å². The van der Waals surface area contributed by atoms with Gasteiger partial charge >= 0.3 is 0 Å². The number of hydrogen-bond donors (Lipinski definition) is 2. The van der Waals surface area contributed by atoms with Crippen LogP contribution in [0.2, 0.25) is 0 Å². The lowest BCUT2D eigenvalue weighted by molar-refractivity contribution is 0.343. The van der Waals surface area contributed by atoms with Crippen LogP contribution in [-0.4, -0.2) is 29.2 Å². The molecule has 0 saturated heterocycles. The second-order valence-corrected chi connectivity index (χ2v) is 5.13. The van der Waals surface area contributed by atoms with Gasteiger partial charge in [-0.05, 0) is 44.4 Å². The van der Waals surface area contributed by atoms with E-state index in [0.29, 0.717) is 6.54 Å². The van der Waals surface area contributed by atoms with E-state index in [1.165, 1.54) is 0 Å². The Bertz CT molecular complexity index is 699. The standard InChI is InChI=1S/C15H18N4O/c1-19(2)10-14-5-4-13(20-14)9-16-12-3-6-15-11(7-12)8-17-18-15/h3-8,16H,9-10H2,1-2H3,(H,17,18). The number of fused-ring (bicyclic) bond motifs is 1. The van der Waals surface area contributed by atoms with Crippen LogP contribution in [0, 0.1) is 0 Å². The van der Waals surface area contributed by atoms with Crippen LogP contribution >= 0.6 is 0 Å². The van der Waals surface area contributed by atoms with E-state index in [9.17, 15) is 0 Å². The summed E-state index contributed by atoms with van der Waals surface area (Å²) in [7, 11) is 4.06. The van der Waals surface area contributed by atoms with Crippen LogP contribution in [0.25, 0.3) is 10.9 Å². The number of benzene rings is 1. The number of nitrogens with zero attached hydrogens (tertiary/aromatic N) is 2. The van der Waals surface area contributed by atoms with Gasteiger partial charge in [-0.1, -0.05) is 0 Å². The normalized spacial score (nSPS) is 11.3. The molecule has 0 fully saturated rings. The molecule has 0 bridgehead atoms. The molecule has 2 N–H and O–H groups in total. The first-order chi connectivity index (χ1) is 9.70. The molecule has 3 aromatic rings. The summed E-state index contributed by atoms with van der Waals surface area (Å²) in [6.07, 6.45) is 1.82. The predicted molar refractivity (Wildman–Crippen MR) is 79.5 cm³/mol. The largest absolute Gasteiger partial charge is 0.463 e. The third-order valence-corrected chi connectivity index (χ3v) is 3.10. The Labute approximate surface area is 117 Å². The fourth-order valence-electron chi connectivity index (χ4n) is 2.16. The van der Waals surface area contributed by atoms with Crippen molar-refractivity contribution in [1.29, 1.82) is 0 Å². The van der Waals surface area contributed by atoms with Crippen LogP contribution in [-0.2, 0) is 13.1 Å². The first kappa shape index (κ1) is 12.7.